The summed E-state index contributed by atoms with van der Waals surface area (Å²) in [7, 11) is -3.17. The average Bonchev–Trinajstić information content (AvgIpc) is 3.30. The average molecular weight is 450 g/mol. The summed E-state index contributed by atoms with van der Waals surface area (Å²) in [5, 5.41) is 0. The van der Waals surface area contributed by atoms with Gasteiger partial charge in [0, 0.05) is 10.6 Å². The minimum atomic E-state index is -3.17. The van der Waals surface area contributed by atoms with Crippen molar-refractivity contribution in [1.29, 1.82) is 0 Å². The molecule has 1 atom stereocenters. The van der Waals surface area contributed by atoms with E-state index in [9.17, 15) is 18.0 Å². The molecule has 1 aromatic carbocycles. The van der Waals surface area contributed by atoms with Gasteiger partial charge in [0.15, 0.2) is 16.4 Å². The Morgan fingerprint density at radius 3 is 2.53 bits per heavy atom. The number of hydrogen-bond acceptors (Lipinski definition) is 6. The minimum absolute atomic E-state index is 0.0588. The molecule has 0 radical (unpaired) electrons. The van der Waals surface area contributed by atoms with E-state index >= 15 is 0 Å². The smallest absolute Gasteiger partial charge is 0.348 e. The summed E-state index contributed by atoms with van der Waals surface area (Å²) in [4.78, 5) is 28.6. The van der Waals surface area contributed by atoms with E-state index < -0.39 is 34.4 Å². The molecule has 3 rings (SSSR count). The third-order valence-electron chi connectivity index (χ3n) is 5.16. The molecule has 1 aliphatic heterocycles. The Balaban J connectivity index is 1.72. The molecular weight excluding hydrogens is 422 g/mol. The Morgan fingerprint density at radius 2 is 1.93 bits per heavy atom. The molecule has 2 heterocycles. The Labute approximate surface area is 181 Å². The molecule has 0 spiro atoms. The van der Waals surface area contributed by atoms with Crippen LogP contribution in [-0.4, -0.2) is 44.4 Å². The molecule has 30 heavy (non-hydrogen) atoms. The number of carbonyl (C=O) groups is 2. The van der Waals surface area contributed by atoms with E-state index in [-0.39, 0.29) is 11.5 Å². The Hall–Kier alpha value is -2.19. The molecule has 1 saturated heterocycles. The van der Waals surface area contributed by atoms with Crippen LogP contribution in [-0.2, 0) is 32.2 Å². The fourth-order valence-corrected chi connectivity index (χ4v) is 6.65. The van der Waals surface area contributed by atoms with Crippen LogP contribution in [0.15, 0.2) is 36.4 Å². The molecule has 0 unspecified atom stereocenters. The number of carbonyl (C=O) groups excluding carboxylic acids is 2. The van der Waals surface area contributed by atoms with Crippen molar-refractivity contribution in [2.75, 3.05) is 23.0 Å². The van der Waals surface area contributed by atoms with E-state index in [4.69, 9.17) is 4.74 Å². The SMILES string of the molecule is CCCc1sc(C(=O)OCC(=O)N(c2ccccc2)[C@@H]2CCS(=O)(=O)C2)cc1CC. The maximum absolute atomic E-state index is 13.0. The van der Waals surface area contributed by atoms with Crippen LogP contribution in [0.4, 0.5) is 5.69 Å². The van der Waals surface area contributed by atoms with Crippen LogP contribution in [0.25, 0.3) is 0 Å². The first-order chi connectivity index (χ1) is 14.3. The number of esters is 1. The number of nitrogens with zero attached hydrogens (tertiary/aromatic N) is 1. The molecule has 1 aliphatic rings. The van der Waals surface area contributed by atoms with Crippen molar-refractivity contribution in [3.05, 3.63) is 51.7 Å². The first-order valence-corrected chi connectivity index (χ1v) is 12.8. The highest BCUT2D eigenvalue weighted by molar-refractivity contribution is 7.91. The van der Waals surface area contributed by atoms with Crippen molar-refractivity contribution in [3.63, 3.8) is 0 Å². The molecule has 0 aliphatic carbocycles. The van der Waals surface area contributed by atoms with Crippen LogP contribution < -0.4 is 4.90 Å². The van der Waals surface area contributed by atoms with Gasteiger partial charge in [-0.2, -0.15) is 0 Å². The number of para-hydroxylation sites is 1. The van der Waals surface area contributed by atoms with E-state index in [1.807, 2.05) is 19.1 Å². The van der Waals surface area contributed by atoms with Gasteiger partial charge in [-0.3, -0.25) is 4.79 Å². The number of benzene rings is 1. The third kappa shape index (κ3) is 5.29. The molecule has 6 nitrogen and oxygen atoms in total. The van der Waals surface area contributed by atoms with Crippen molar-refractivity contribution in [2.45, 2.75) is 45.6 Å². The van der Waals surface area contributed by atoms with Gasteiger partial charge in [0.25, 0.3) is 5.91 Å². The van der Waals surface area contributed by atoms with Crippen LogP contribution >= 0.6 is 11.3 Å². The van der Waals surface area contributed by atoms with Gasteiger partial charge in [0.05, 0.1) is 17.5 Å². The van der Waals surface area contributed by atoms with Gasteiger partial charge in [0.2, 0.25) is 0 Å². The fraction of sp³-hybridized carbons (Fsp3) is 0.455. The summed E-state index contributed by atoms with van der Waals surface area (Å²) in [6.07, 6.45) is 3.13. The largest absolute Gasteiger partial charge is 0.451 e. The topological polar surface area (TPSA) is 80.8 Å². The first-order valence-electron chi connectivity index (χ1n) is 10.2. The maximum Gasteiger partial charge on any atom is 0.348 e. The van der Waals surface area contributed by atoms with Gasteiger partial charge < -0.3 is 9.64 Å². The lowest BCUT2D eigenvalue weighted by molar-refractivity contribution is -0.122. The van der Waals surface area contributed by atoms with Crippen LogP contribution in [0.5, 0.6) is 0 Å². The second-order valence-electron chi connectivity index (χ2n) is 7.39. The Bertz CT molecular complexity index is 998. The molecule has 0 bridgehead atoms. The molecule has 1 amide bonds. The molecular formula is C22H27NO5S2. The van der Waals surface area contributed by atoms with Crippen molar-refractivity contribution in [1.82, 2.24) is 0 Å². The predicted octanol–water partition coefficient (Wildman–Crippen LogP) is 3.64. The zero-order valence-corrected chi connectivity index (χ0v) is 18.9. The van der Waals surface area contributed by atoms with E-state index in [1.54, 1.807) is 24.3 Å². The number of rotatable bonds is 8. The number of aryl methyl sites for hydroxylation is 2. The van der Waals surface area contributed by atoms with Crippen LogP contribution in [0.3, 0.4) is 0 Å². The monoisotopic (exact) mass is 449 g/mol. The second-order valence-corrected chi connectivity index (χ2v) is 10.8. The van der Waals surface area contributed by atoms with Crippen LogP contribution in [0, 0.1) is 0 Å². The zero-order valence-electron chi connectivity index (χ0n) is 17.3. The second kappa shape index (κ2) is 9.75. The van der Waals surface area contributed by atoms with Gasteiger partial charge in [-0.25, -0.2) is 13.2 Å². The minimum Gasteiger partial charge on any atom is -0.451 e. The van der Waals surface area contributed by atoms with Gasteiger partial charge in [-0.1, -0.05) is 38.5 Å². The van der Waals surface area contributed by atoms with Crippen molar-refractivity contribution in [2.24, 2.45) is 0 Å². The third-order valence-corrected chi connectivity index (χ3v) is 8.13. The molecule has 162 valence electrons. The van der Waals surface area contributed by atoms with Crippen molar-refractivity contribution < 1.29 is 22.7 Å². The molecule has 1 fully saturated rings. The van der Waals surface area contributed by atoms with Gasteiger partial charge >= 0.3 is 5.97 Å². The zero-order chi connectivity index (χ0) is 21.7. The highest BCUT2D eigenvalue weighted by atomic mass is 32.2. The van der Waals surface area contributed by atoms with Crippen LogP contribution in [0.1, 0.15) is 46.8 Å². The summed E-state index contributed by atoms with van der Waals surface area (Å²) in [5.74, 6) is -0.953. The number of sulfone groups is 1. The van der Waals surface area contributed by atoms with E-state index in [2.05, 4.69) is 6.92 Å². The van der Waals surface area contributed by atoms with E-state index in [0.717, 1.165) is 24.8 Å². The molecule has 0 saturated carbocycles. The number of thiophene rings is 1. The predicted molar refractivity (Wildman–Crippen MR) is 119 cm³/mol. The lowest BCUT2D eigenvalue weighted by Crippen LogP contribution is -2.43. The highest BCUT2D eigenvalue weighted by Crippen LogP contribution is 2.27. The number of anilines is 1. The van der Waals surface area contributed by atoms with Crippen molar-refractivity contribution in [3.8, 4) is 0 Å². The summed E-state index contributed by atoms with van der Waals surface area (Å²) in [5.41, 5.74) is 1.75. The van der Waals surface area contributed by atoms with E-state index in [0.29, 0.717) is 17.0 Å². The van der Waals surface area contributed by atoms with Gasteiger partial charge in [-0.05, 0) is 43.0 Å². The summed E-state index contributed by atoms with van der Waals surface area (Å²) >= 11 is 1.42. The molecule has 1 aromatic heterocycles. The fourth-order valence-electron chi connectivity index (χ4n) is 3.70. The van der Waals surface area contributed by atoms with Crippen LogP contribution in [0.2, 0.25) is 0 Å². The quantitative estimate of drug-likeness (QED) is 0.575. The number of amides is 1. The summed E-state index contributed by atoms with van der Waals surface area (Å²) in [6.45, 7) is 3.72. The van der Waals surface area contributed by atoms with Gasteiger partial charge in [0.1, 0.15) is 4.88 Å². The number of hydrogen-bond donors (Lipinski definition) is 0. The van der Waals surface area contributed by atoms with Gasteiger partial charge in [-0.15, -0.1) is 11.3 Å². The Morgan fingerprint density at radius 1 is 1.20 bits per heavy atom. The standard InChI is InChI=1S/C22H27NO5S2/c1-3-8-19-16(4-2)13-20(29-19)22(25)28-14-21(24)23(17-9-6-5-7-10-17)18-11-12-30(26,27)15-18/h5-7,9-10,13,18H,3-4,8,11-12,14-15H2,1-2H3/t18-/m1/s1. The van der Waals surface area contributed by atoms with E-state index in [1.165, 1.54) is 21.1 Å². The first kappa shape index (κ1) is 22.5. The summed E-state index contributed by atoms with van der Waals surface area (Å²) in [6, 6.07) is 10.3. The lowest BCUT2D eigenvalue weighted by atomic mass is 10.1. The Kier molecular flexibility index (Phi) is 7.31. The maximum atomic E-state index is 13.0. The normalized spacial score (nSPS) is 17.6. The van der Waals surface area contributed by atoms with Crippen molar-refractivity contribution >= 4 is 38.7 Å². The lowest BCUT2D eigenvalue weighted by Gasteiger charge is -2.28. The molecule has 2 aromatic rings. The molecule has 0 N–H and O–H groups in total. The highest BCUT2D eigenvalue weighted by Gasteiger charge is 2.35. The summed E-state index contributed by atoms with van der Waals surface area (Å²) < 4.78 is 29.2. The number of ether oxygens (including phenoxy) is 1. The molecule has 8 heteroatoms.